The Labute approximate surface area is 114 Å². The van der Waals surface area contributed by atoms with Crippen LogP contribution in [0, 0.1) is 5.82 Å². The van der Waals surface area contributed by atoms with E-state index in [-0.39, 0.29) is 11.8 Å². The summed E-state index contributed by atoms with van der Waals surface area (Å²) in [4.78, 5) is 0. The largest absolute Gasteiger partial charge is 0.453 e. The number of ether oxygens (including phenoxy) is 1. The zero-order valence-electron chi connectivity index (χ0n) is 9.86. The van der Waals surface area contributed by atoms with Crippen LogP contribution in [0.25, 0.3) is 0 Å². The average Bonchev–Trinajstić information content (AvgIpc) is 2.34. The quantitative estimate of drug-likeness (QED) is 0.912. The van der Waals surface area contributed by atoms with Crippen molar-refractivity contribution >= 4 is 15.9 Å². The van der Waals surface area contributed by atoms with Crippen molar-refractivity contribution in [2.45, 2.75) is 13.0 Å². The molecule has 0 heterocycles. The summed E-state index contributed by atoms with van der Waals surface area (Å²) in [5.74, 6) is 0.344. The molecule has 0 aromatic heterocycles. The van der Waals surface area contributed by atoms with Crippen LogP contribution in [-0.4, -0.2) is 0 Å². The van der Waals surface area contributed by atoms with Crippen molar-refractivity contribution in [1.82, 2.24) is 0 Å². The lowest BCUT2D eigenvalue weighted by atomic mass is 10.1. The van der Waals surface area contributed by atoms with Crippen LogP contribution in [0.1, 0.15) is 18.5 Å². The second kappa shape index (κ2) is 5.50. The molecule has 1 atom stereocenters. The summed E-state index contributed by atoms with van der Waals surface area (Å²) in [6, 6.07) is 11.9. The highest BCUT2D eigenvalue weighted by atomic mass is 79.9. The molecule has 0 spiro atoms. The predicted molar refractivity (Wildman–Crippen MR) is 73.2 cm³/mol. The maximum absolute atomic E-state index is 13.8. The molecule has 1 unspecified atom stereocenters. The average molecular weight is 310 g/mol. The molecule has 2 N–H and O–H groups in total. The number of nitrogens with two attached hydrogens (primary N) is 1. The Balaban J connectivity index is 2.28. The van der Waals surface area contributed by atoms with E-state index in [9.17, 15) is 4.39 Å². The van der Waals surface area contributed by atoms with Crippen LogP contribution in [0.15, 0.2) is 46.9 Å². The van der Waals surface area contributed by atoms with Crippen molar-refractivity contribution in [3.8, 4) is 11.5 Å². The Morgan fingerprint density at radius 2 is 1.89 bits per heavy atom. The lowest BCUT2D eigenvalue weighted by molar-refractivity contribution is 0.439. The monoisotopic (exact) mass is 309 g/mol. The zero-order valence-corrected chi connectivity index (χ0v) is 11.4. The molecule has 0 aliphatic carbocycles. The van der Waals surface area contributed by atoms with Crippen molar-refractivity contribution < 1.29 is 9.13 Å². The van der Waals surface area contributed by atoms with Crippen LogP contribution >= 0.6 is 15.9 Å². The molecule has 0 amide bonds. The van der Waals surface area contributed by atoms with Crippen molar-refractivity contribution in [1.29, 1.82) is 0 Å². The number of benzene rings is 2. The topological polar surface area (TPSA) is 35.2 Å². The Hall–Kier alpha value is -1.39. The molecule has 4 heteroatoms. The van der Waals surface area contributed by atoms with E-state index in [1.54, 1.807) is 18.2 Å². The molecule has 0 aliphatic heterocycles. The molecule has 94 valence electrons. The van der Waals surface area contributed by atoms with Gasteiger partial charge in [-0.05, 0) is 52.7 Å². The van der Waals surface area contributed by atoms with Crippen molar-refractivity contribution in [3.63, 3.8) is 0 Å². The third-order valence-corrected chi connectivity index (χ3v) is 3.19. The van der Waals surface area contributed by atoms with Gasteiger partial charge in [-0.25, -0.2) is 4.39 Å². The first-order valence-corrected chi connectivity index (χ1v) is 6.34. The van der Waals surface area contributed by atoms with E-state index in [1.807, 2.05) is 25.1 Å². The molecular formula is C14H13BrFNO. The SMILES string of the molecule is CC(N)c1ccc(Oc2ccccc2Br)c(F)c1. The molecule has 0 radical (unpaired) electrons. The van der Waals surface area contributed by atoms with E-state index < -0.39 is 5.82 Å². The fraction of sp³-hybridized carbons (Fsp3) is 0.143. The van der Waals surface area contributed by atoms with Gasteiger partial charge in [0.15, 0.2) is 11.6 Å². The third kappa shape index (κ3) is 2.89. The first-order valence-electron chi connectivity index (χ1n) is 5.55. The van der Waals surface area contributed by atoms with Crippen LogP contribution in [0.3, 0.4) is 0 Å². The molecule has 2 nitrogen and oxygen atoms in total. The first-order chi connectivity index (χ1) is 8.58. The van der Waals surface area contributed by atoms with Crippen LogP contribution in [0.5, 0.6) is 11.5 Å². The van der Waals surface area contributed by atoms with Crippen LogP contribution in [-0.2, 0) is 0 Å². The molecule has 0 saturated heterocycles. The van der Waals surface area contributed by atoms with Gasteiger partial charge in [0.2, 0.25) is 0 Å². The van der Waals surface area contributed by atoms with Gasteiger partial charge in [0.1, 0.15) is 5.75 Å². The van der Waals surface area contributed by atoms with E-state index in [0.29, 0.717) is 5.75 Å². The Morgan fingerprint density at radius 3 is 2.50 bits per heavy atom. The van der Waals surface area contributed by atoms with Gasteiger partial charge in [-0.2, -0.15) is 0 Å². The van der Waals surface area contributed by atoms with E-state index in [2.05, 4.69) is 15.9 Å². The number of para-hydroxylation sites is 1. The van der Waals surface area contributed by atoms with Crippen molar-refractivity contribution in [2.24, 2.45) is 5.73 Å². The number of hydrogen-bond donors (Lipinski definition) is 1. The smallest absolute Gasteiger partial charge is 0.166 e. The minimum absolute atomic E-state index is 0.186. The summed E-state index contributed by atoms with van der Waals surface area (Å²) in [5, 5.41) is 0. The highest BCUT2D eigenvalue weighted by molar-refractivity contribution is 9.10. The van der Waals surface area contributed by atoms with Gasteiger partial charge < -0.3 is 10.5 Å². The second-order valence-electron chi connectivity index (χ2n) is 4.01. The van der Waals surface area contributed by atoms with E-state index in [1.165, 1.54) is 6.07 Å². The minimum atomic E-state index is -0.416. The molecule has 18 heavy (non-hydrogen) atoms. The summed E-state index contributed by atoms with van der Waals surface area (Å²) in [5.41, 5.74) is 6.44. The van der Waals surface area contributed by atoms with Gasteiger partial charge >= 0.3 is 0 Å². The minimum Gasteiger partial charge on any atom is -0.453 e. The fourth-order valence-electron chi connectivity index (χ4n) is 1.53. The molecule has 2 aromatic rings. The van der Waals surface area contributed by atoms with Crippen molar-refractivity contribution in [3.05, 3.63) is 58.3 Å². The maximum Gasteiger partial charge on any atom is 0.166 e. The number of halogens is 2. The molecule has 0 saturated carbocycles. The van der Waals surface area contributed by atoms with E-state index in [0.717, 1.165) is 10.0 Å². The van der Waals surface area contributed by atoms with Crippen molar-refractivity contribution in [2.75, 3.05) is 0 Å². The Kier molecular flexibility index (Phi) is 3.99. The van der Waals surface area contributed by atoms with E-state index >= 15 is 0 Å². The van der Waals surface area contributed by atoms with E-state index in [4.69, 9.17) is 10.5 Å². The maximum atomic E-state index is 13.8. The lowest BCUT2D eigenvalue weighted by Gasteiger charge is -2.11. The Bertz CT molecular complexity index is 557. The van der Waals surface area contributed by atoms with Crippen LogP contribution in [0.2, 0.25) is 0 Å². The number of hydrogen-bond acceptors (Lipinski definition) is 2. The standard InChI is InChI=1S/C14H13BrFNO/c1-9(17)10-6-7-14(12(16)8-10)18-13-5-3-2-4-11(13)15/h2-9H,17H2,1H3. The van der Waals surface area contributed by atoms with Gasteiger partial charge in [0.25, 0.3) is 0 Å². The van der Waals surface area contributed by atoms with Crippen LogP contribution < -0.4 is 10.5 Å². The second-order valence-corrected chi connectivity index (χ2v) is 4.87. The van der Waals surface area contributed by atoms with Gasteiger partial charge in [0.05, 0.1) is 4.47 Å². The summed E-state index contributed by atoms with van der Waals surface area (Å²) in [6.45, 7) is 1.81. The normalized spacial score (nSPS) is 12.2. The highest BCUT2D eigenvalue weighted by Gasteiger charge is 2.09. The molecule has 0 fully saturated rings. The van der Waals surface area contributed by atoms with Gasteiger partial charge in [0, 0.05) is 6.04 Å². The fourth-order valence-corrected chi connectivity index (χ4v) is 1.89. The summed E-state index contributed by atoms with van der Waals surface area (Å²) >= 11 is 3.35. The number of rotatable bonds is 3. The molecule has 0 bridgehead atoms. The molecular weight excluding hydrogens is 297 g/mol. The summed E-state index contributed by atoms with van der Waals surface area (Å²) in [6.07, 6.45) is 0. The zero-order chi connectivity index (χ0) is 13.1. The van der Waals surface area contributed by atoms with Gasteiger partial charge in [-0.1, -0.05) is 18.2 Å². The lowest BCUT2D eigenvalue weighted by Crippen LogP contribution is -2.05. The third-order valence-electron chi connectivity index (χ3n) is 2.54. The molecule has 2 aromatic carbocycles. The summed E-state index contributed by atoms with van der Waals surface area (Å²) in [7, 11) is 0. The first kappa shape index (κ1) is 13.1. The van der Waals surface area contributed by atoms with Crippen LogP contribution in [0.4, 0.5) is 4.39 Å². The Morgan fingerprint density at radius 1 is 1.17 bits per heavy atom. The summed E-state index contributed by atoms with van der Waals surface area (Å²) < 4.78 is 20.1. The van der Waals surface area contributed by atoms with Gasteiger partial charge in [-0.3, -0.25) is 0 Å². The predicted octanol–water partition coefficient (Wildman–Crippen LogP) is 4.40. The molecule has 2 rings (SSSR count). The molecule has 0 aliphatic rings. The highest BCUT2D eigenvalue weighted by Crippen LogP contribution is 2.31. The van der Waals surface area contributed by atoms with Gasteiger partial charge in [-0.15, -0.1) is 0 Å².